The predicted octanol–water partition coefficient (Wildman–Crippen LogP) is 2.45. The predicted molar refractivity (Wildman–Crippen MR) is 74.2 cm³/mol. The van der Waals surface area contributed by atoms with Gasteiger partial charge in [-0.25, -0.2) is 4.79 Å². The zero-order valence-corrected chi connectivity index (χ0v) is 11.4. The number of nitrogens with zero attached hydrogens (tertiary/aromatic N) is 2. The Hall–Kier alpha value is -2.96. The van der Waals surface area contributed by atoms with E-state index in [0.717, 1.165) is 0 Å². The number of benzene rings is 1. The number of pyridine rings is 1. The third kappa shape index (κ3) is 2.81. The van der Waals surface area contributed by atoms with Crippen LogP contribution >= 0.6 is 0 Å². The topological polar surface area (TPSA) is 91.6 Å². The quantitative estimate of drug-likeness (QED) is 0.487. The van der Waals surface area contributed by atoms with Gasteiger partial charge in [0.25, 0.3) is 5.69 Å². The minimum absolute atomic E-state index is 0.0937. The molecule has 0 saturated carbocycles. The summed E-state index contributed by atoms with van der Waals surface area (Å²) in [5.74, 6) is -0.205. The largest absolute Gasteiger partial charge is 0.494 e. The molecule has 0 bridgehead atoms. The van der Waals surface area contributed by atoms with Crippen molar-refractivity contribution in [1.29, 1.82) is 0 Å². The standard InChI is InChI=1S/C14H12N2O5/c1-20-13-8-15-6-5-11(13)10-4-3-9(16(18)19)7-12(10)14(17)21-2/h3-8H,1-2H3. The number of carbonyl (C=O) groups is 1. The Bertz CT molecular complexity index is 700. The van der Waals surface area contributed by atoms with Gasteiger partial charge in [-0.05, 0) is 12.1 Å². The lowest BCUT2D eigenvalue weighted by atomic mass is 9.99. The number of carbonyl (C=O) groups excluding carboxylic acids is 1. The lowest BCUT2D eigenvalue weighted by Crippen LogP contribution is -2.05. The second-order valence-corrected chi connectivity index (χ2v) is 4.05. The van der Waals surface area contributed by atoms with Gasteiger partial charge in [-0.15, -0.1) is 0 Å². The van der Waals surface area contributed by atoms with Gasteiger partial charge < -0.3 is 9.47 Å². The first-order valence-corrected chi connectivity index (χ1v) is 5.93. The molecular formula is C14H12N2O5. The maximum Gasteiger partial charge on any atom is 0.338 e. The van der Waals surface area contributed by atoms with Crippen LogP contribution in [-0.2, 0) is 4.74 Å². The Labute approximate surface area is 120 Å². The summed E-state index contributed by atoms with van der Waals surface area (Å²) in [4.78, 5) is 26.1. The molecule has 21 heavy (non-hydrogen) atoms. The molecule has 7 heteroatoms. The number of non-ortho nitro benzene ring substituents is 1. The molecule has 1 heterocycles. The van der Waals surface area contributed by atoms with Crippen LogP contribution in [0.15, 0.2) is 36.7 Å². The smallest absolute Gasteiger partial charge is 0.338 e. The van der Waals surface area contributed by atoms with Crippen LogP contribution in [0.5, 0.6) is 5.75 Å². The molecule has 0 aliphatic carbocycles. The van der Waals surface area contributed by atoms with Crippen LogP contribution in [-0.4, -0.2) is 30.1 Å². The van der Waals surface area contributed by atoms with Gasteiger partial charge in [-0.2, -0.15) is 0 Å². The summed E-state index contributed by atoms with van der Waals surface area (Å²) in [6, 6.07) is 5.65. The first-order chi connectivity index (χ1) is 10.1. The number of nitro benzene ring substituents is 1. The van der Waals surface area contributed by atoms with E-state index in [1.54, 1.807) is 12.3 Å². The molecule has 0 saturated heterocycles. The normalized spacial score (nSPS) is 10.0. The van der Waals surface area contributed by atoms with Crippen LogP contribution in [0, 0.1) is 10.1 Å². The molecule has 0 N–H and O–H groups in total. The number of rotatable bonds is 4. The number of methoxy groups -OCH3 is 2. The van der Waals surface area contributed by atoms with Crippen molar-refractivity contribution >= 4 is 11.7 Å². The monoisotopic (exact) mass is 288 g/mol. The summed E-state index contributed by atoms with van der Waals surface area (Å²) in [5.41, 5.74) is 0.984. The highest BCUT2D eigenvalue weighted by Gasteiger charge is 2.20. The summed E-state index contributed by atoms with van der Waals surface area (Å²) in [5, 5.41) is 10.9. The van der Waals surface area contributed by atoms with E-state index in [4.69, 9.17) is 4.74 Å². The molecule has 2 aromatic rings. The van der Waals surface area contributed by atoms with Crippen molar-refractivity contribution in [3.8, 4) is 16.9 Å². The Morgan fingerprint density at radius 1 is 1.24 bits per heavy atom. The molecule has 0 atom stereocenters. The van der Waals surface area contributed by atoms with Gasteiger partial charge in [-0.3, -0.25) is 15.1 Å². The lowest BCUT2D eigenvalue weighted by Gasteiger charge is -2.11. The van der Waals surface area contributed by atoms with Crippen molar-refractivity contribution in [2.75, 3.05) is 14.2 Å². The van der Waals surface area contributed by atoms with E-state index in [1.807, 2.05) is 0 Å². The van der Waals surface area contributed by atoms with Crippen LogP contribution < -0.4 is 4.74 Å². The van der Waals surface area contributed by atoms with E-state index < -0.39 is 10.9 Å². The number of nitro groups is 1. The van der Waals surface area contributed by atoms with E-state index in [1.165, 1.54) is 38.6 Å². The van der Waals surface area contributed by atoms with Gasteiger partial charge in [-0.1, -0.05) is 0 Å². The van der Waals surface area contributed by atoms with Crippen LogP contribution in [0.25, 0.3) is 11.1 Å². The second-order valence-electron chi connectivity index (χ2n) is 4.05. The van der Waals surface area contributed by atoms with E-state index >= 15 is 0 Å². The van der Waals surface area contributed by atoms with Gasteiger partial charge >= 0.3 is 5.97 Å². The van der Waals surface area contributed by atoms with Gasteiger partial charge in [0.05, 0.1) is 30.9 Å². The average molecular weight is 288 g/mol. The van der Waals surface area contributed by atoms with Crippen molar-refractivity contribution in [3.05, 3.63) is 52.3 Å². The van der Waals surface area contributed by atoms with Crippen molar-refractivity contribution < 1.29 is 19.2 Å². The lowest BCUT2D eigenvalue weighted by molar-refractivity contribution is -0.384. The molecule has 2 rings (SSSR count). The van der Waals surface area contributed by atoms with Crippen molar-refractivity contribution in [2.24, 2.45) is 0 Å². The van der Waals surface area contributed by atoms with Crippen molar-refractivity contribution in [3.63, 3.8) is 0 Å². The third-order valence-electron chi connectivity index (χ3n) is 2.91. The molecule has 1 aromatic carbocycles. The Morgan fingerprint density at radius 3 is 2.62 bits per heavy atom. The first-order valence-electron chi connectivity index (χ1n) is 5.93. The average Bonchev–Trinajstić information content (AvgIpc) is 2.53. The fraction of sp³-hybridized carbons (Fsp3) is 0.143. The number of aromatic nitrogens is 1. The highest BCUT2D eigenvalue weighted by molar-refractivity contribution is 5.98. The van der Waals surface area contributed by atoms with Gasteiger partial charge in [0.15, 0.2) is 0 Å². The van der Waals surface area contributed by atoms with Crippen molar-refractivity contribution in [2.45, 2.75) is 0 Å². The minimum Gasteiger partial charge on any atom is -0.494 e. The van der Waals surface area contributed by atoms with E-state index in [-0.39, 0.29) is 11.3 Å². The van der Waals surface area contributed by atoms with Crippen LogP contribution in [0.4, 0.5) is 5.69 Å². The van der Waals surface area contributed by atoms with E-state index in [0.29, 0.717) is 16.9 Å². The highest BCUT2D eigenvalue weighted by Crippen LogP contribution is 2.33. The third-order valence-corrected chi connectivity index (χ3v) is 2.91. The molecule has 1 aromatic heterocycles. The van der Waals surface area contributed by atoms with Crippen LogP contribution in [0.2, 0.25) is 0 Å². The minimum atomic E-state index is -0.660. The number of esters is 1. The summed E-state index contributed by atoms with van der Waals surface area (Å²) >= 11 is 0. The zero-order valence-electron chi connectivity index (χ0n) is 11.4. The molecule has 0 aliphatic rings. The maximum absolute atomic E-state index is 11.9. The first kappa shape index (κ1) is 14.4. The Morgan fingerprint density at radius 2 is 2.00 bits per heavy atom. The molecule has 0 fully saturated rings. The molecule has 0 unspecified atom stereocenters. The van der Waals surface area contributed by atoms with Crippen molar-refractivity contribution in [1.82, 2.24) is 4.98 Å². The maximum atomic E-state index is 11.9. The second kappa shape index (κ2) is 6.00. The molecular weight excluding hydrogens is 276 g/mol. The molecule has 0 radical (unpaired) electrons. The van der Waals surface area contributed by atoms with Gasteiger partial charge in [0.2, 0.25) is 0 Å². The molecule has 0 amide bonds. The summed E-state index contributed by atoms with van der Waals surface area (Å²) in [7, 11) is 2.69. The summed E-state index contributed by atoms with van der Waals surface area (Å²) < 4.78 is 9.89. The van der Waals surface area contributed by atoms with Crippen LogP contribution in [0.3, 0.4) is 0 Å². The highest BCUT2D eigenvalue weighted by atomic mass is 16.6. The fourth-order valence-electron chi connectivity index (χ4n) is 1.92. The SMILES string of the molecule is COC(=O)c1cc([N+](=O)[O-])ccc1-c1ccncc1OC. The van der Waals surface area contributed by atoms with Gasteiger partial charge in [0, 0.05) is 29.5 Å². The van der Waals surface area contributed by atoms with Crippen LogP contribution in [0.1, 0.15) is 10.4 Å². The number of ether oxygens (including phenoxy) is 2. The zero-order chi connectivity index (χ0) is 15.4. The fourth-order valence-corrected chi connectivity index (χ4v) is 1.92. The van der Waals surface area contributed by atoms with Gasteiger partial charge in [0.1, 0.15) is 5.75 Å². The molecule has 0 spiro atoms. The molecule has 7 nitrogen and oxygen atoms in total. The Balaban J connectivity index is 2.67. The molecule has 108 valence electrons. The Kier molecular flexibility index (Phi) is 4.13. The summed E-state index contributed by atoms with van der Waals surface area (Å²) in [6.45, 7) is 0. The summed E-state index contributed by atoms with van der Waals surface area (Å²) in [6.07, 6.45) is 3.04. The van der Waals surface area contributed by atoms with E-state index in [2.05, 4.69) is 9.72 Å². The number of hydrogen-bond donors (Lipinski definition) is 0. The van der Waals surface area contributed by atoms with E-state index in [9.17, 15) is 14.9 Å². The number of hydrogen-bond acceptors (Lipinski definition) is 6. The molecule has 0 aliphatic heterocycles.